The monoisotopic (exact) mass is 781 g/mol. The minimum Gasteiger partial charge on any atom is -0.304 e. The lowest BCUT2D eigenvalue weighted by molar-refractivity contribution is 0.411. The zero-order valence-electron chi connectivity index (χ0n) is 32.1. The van der Waals surface area contributed by atoms with E-state index >= 15 is 17.6 Å². The minimum absolute atomic E-state index is 0.127. The Labute approximate surface area is 326 Å². The van der Waals surface area contributed by atoms with Crippen molar-refractivity contribution in [3.8, 4) is 0 Å². The van der Waals surface area contributed by atoms with Gasteiger partial charge in [0.15, 0.2) is 11.6 Å². The summed E-state index contributed by atoms with van der Waals surface area (Å²) in [6.07, 6.45) is 0.544. The number of hydrogen-bond acceptors (Lipinski definition) is 1. The van der Waals surface area contributed by atoms with E-state index in [9.17, 15) is 17.6 Å². The molecule has 9 heteroatoms. The van der Waals surface area contributed by atoms with Gasteiger partial charge in [-0.05, 0) is 92.7 Å². The molecule has 1 atom stereocenters. The van der Waals surface area contributed by atoms with Crippen molar-refractivity contribution < 1.29 is 35.1 Å². The van der Waals surface area contributed by atoms with Gasteiger partial charge in [-0.3, -0.25) is 0 Å². The predicted octanol–water partition coefficient (Wildman–Crippen LogP) is 14.6. The van der Waals surface area contributed by atoms with Crippen LogP contribution in [0.25, 0.3) is 21.5 Å². The average Bonchev–Trinajstić information content (AvgIpc) is 3.10. The lowest BCUT2D eigenvalue weighted by atomic mass is 9.77. The van der Waals surface area contributed by atoms with E-state index in [-0.39, 0.29) is 22.4 Å². The zero-order valence-corrected chi connectivity index (χ0v) is 32.1. The number of fused-ring (bicyclic) bond motifs is 2. The zero-order chi connectivity index (χ0) is 41.1. The highest BCUT2D eigenvalue weighted by atomic mass is 19.2. The Hall–Kier alpha value is -5.70. The van der Waals surface area contributed by atoms with Crippen LogP contribution in [0.15, 0.2) is 109 Å². The lowest BCUT2D eigenvalue weighted by Crippen LogP contribution is -2.18. The second-order valence-electron chi connectivity index (χ2n) is 16.7. The van der Waals surface area contributed by atoms with Crippen molar-refractivity contribution in [3.63, 3.8) is 0 Å². The summed E-state index contributed by atoms with van der Waals surface area (Å²) in [7, 11) is 0. The van der Waals surface area contributed by atoms with Crippen LogP contribution in [-0.2, 0) is 11.8 Å². The molecule has 0 aliphatic rings. The molecule has 292 valence electrons. The highest BCUT2D eigenvalue weighted by molar-refractivity contribution is 6.17. The molecular formula is C48H39F8N. The van der Waals surface area contributed by atoms with E-state index < -0.39 is 69.1 Å². The van der Waals surface area contributed by atoms with E-state index in [0.29, 0.717) is 57.8 Å². The van der Waals surface area contributed by atoms with Gasteiger partial charge in [0.25, 0.3) is 0 Å². The van der Waals surface area contributed by atoms with Gasteiger partial charge in [0.1, 0.15) is 40.6 Å². The van der Waals surface area contributed by atoms with E-state index in [2.05, 4.69) is 0 Å². The summed E-state index contributed by atoms with van der Waals surface area (Å²) in [6, 6.07) is 23.3. The Balaban J connectivity index is 1.75. The smallest absolute Gasteiger partial charge is 0.153 e. The van der Waals surface area contributed by atoms with Crippen LogP contribution in [0, 0.1) is 52.0 Å². The van der Waals surface area contributed by atoms with Crippen molar-refractivity contribution in [3.05, 3.63) is 184 Å². The molecule has 0 saturated carbocycles. The van der Waals surface area contributed by atoms with Crippen LogP contribution < -0.4 is 4.90 Å². The molecule has 0 bridgehead atoms. The van der Waals surface area contributed by atoms with Crippen LogP contribution in [0.1, 0.15) is 75.3 Å². The van der Waals surface area contributed by atoms with Gasteiger partial charge in [0.05, 0.1) is 5.69 Å². The van der Waals surface area contributed by atoms with E-state index in [1.807, 2.05) is 65.8 Å². The molecule has 0 fully saturated rings. The third-order valence-electron chi connectivity index (χ3n) is 10.1. The molecule has 0 saturated heterocycles. The third-order valence-corrected chi connectivity index (χ3v) is 10.1. The summed E-state index contributed by atoms with van der Waals surface area (Å²) in [5.41, 5.74) is 0.707. The Morgan fingerprint density at radius 3 is 1.53 bits per heavy atom. The summed E-state index contributed by atoms with van der Waals surface area (Å²) in [4.78, 5) is 1.26. The first-order valence-electron chi connectivity index (χ1n) is 18.4. The number of rotatable bonds is 7. The van der Waals surface area contributed by atoms with Crippen LogP contribution >= 0.6 is 0 Å². The molecule has 0 amide bonds. The number of halogens is 8. The molecule has 0 N–H and O–H groups in total. The summed E-state index contributed by atoms with van der Waals surface area (Å²) in [5, 5.41) is 1.54. The number of anilines is 3. The van der Waals surface area contributed by atoms with E-state index in [1.165, 1.54) is 41.3 Å². The highest BCUT2D eigenvalue weighted by Gasteiger charge is 2.33. The Morgan fingerprint density at radius 2 is 0.982 bits per heavy atom. The Morgan fingerprint density at radius 1 is 0.456 bits per heavy atom. The molecule has 0 spiro atoms. The Kier molecular flexibility index (Phi) is 10.2. The first kappa shape index (κ1) is 39.5. The first-order valence-corrected chi connectivity index (χ1v) is 18.4. The molecule has 0 aromatic heterocycles. The molecule has 0 aliphatic carbocycles. The molecule has 57 heavy (non-hydrogen) atoms. The molecular weight excluding hydrogens is 743 g/mol. The third kappa shape index (κ3) is 7.72. The van der Waals surface area contributed by atoms with Crippen molar-refractivity contribution in [2.45, 2.75) is 59.3 Å². The van der Waals surface area contributed by atoms with Gasteiger partial charge in [-0.25, -0.2) is 35.1 Å². The summed E-state index contributed by atoms with van der Waals surface area (Å²) in [5.74, 6) is -9.62. The topological polar surface area (TPSA) is 3.24 Å². The maximum absolute atomic E-state index is 16.2. The van der Waals surface area contributed by atoms with E-state index in [1.54, 1.807) is 12.1 Å². The first-order chi connectivity index (χ1) is 26.8. The van der Waals surface area contributed by atoms with Gasteiger partial charge in [0, 0.05) is 52.2 Å². The number of hydrogen-bond donors (Lipinski definition) is 0. The van der Waals surface area contributed by atoms with Gasteiger partial charge in [-0.1, -0.05) is 84.0 Å². The minimum atomic E-state index is -1.31. The predicted molar refractivity (Wildman–Crippen MR) is 211 cm³/mol. The molecule has 1 unspecified atom stereocenters. The molecule has 0 heterocycles. The standard InChI is InChI=1S/C48H39F8N/c1-47(2,3)25-26-7-17-35-36(19-26)43(42(27-8-11-29(49)12-9-27)44-38(53)21-31(51)22-39(44)54)34-18-10-28(48(4,5)6)20-37(34)45(35)57(33-15-13-30(50)14-16-33)46-40(55)23-32(52)24-41(46)56/h7-24,42H,25H2,1-6H3. The van der Waals surface area contributed by atoms with E-state index in [4.69, 9.17) is 0 Å². The SMILES string of the molecule is CC(C)(C)Cc1ccc2c(N(c3ccc(F)cc3)c3c(F)cc(F)cc3F)c3cc(C(C)(C)C)ccc3c(C(c3ccc(F)cc3)c3c(F)cc(F)cc3F)c2c1. The molecule has 1 nitrogen and oxygen atoms in total. The van der Waals surface area contributed by atoms with Crippen LogP contribution in [0.4, 0.5) is 52.2 Å². The van der Waals surface area contributed by atoms with Gasteiger partial charge in [-0.2, -0.15) is 0 Å². The lowest BCUT2D eigenvalue weighted by Gasteiger charge is -2.32. The average molecular weight is 782 g/mol. The van der Waals surface area contributed by atoms with Gasteiger partial charge in [-0.15, -0.1) is 0 Å². The fourth-order valence-corrected chi connectivity index (χ4v) is 7.70. The second kappa shape index (κ2) is 14.7. The van der Waals surface area contributed by atoms with Gasteiger partial charge >= 0.3 is 0 Å². The van der Waals surface area contributed by atoms with Gasteiger partial charge in [0.2, 0.25) is 0 Å². The quantitative estimate of drug-likeness (QED) is 0.0884. The van der Waals surface area contributed by atoms with Crippen LogP contribution in [0.3, 0.4) is 0 Å². The highest BCUT2D eigenvalue weighted by Crippen LogP contribution is 2.51. The summed E-state index contributed by atoms with van der Waals surface area (Å²) < 4.78 is 123. The summed E-state index contributed by atoms with van der Waals surface area (Å²) >= 11 is 0. The Bertz CT molecular complexity index is 2610. The van der Waals surface area contributed by atoms with Crippen LogP contribution in [0.2, 0.25) is 0 Å². The van der Waals surface area contributed by atoms with E-state index in [0.717, 1.165) is 23.3 Å². The maximum atomic E-state index is 16.2. The second-order valence-corrected chi connectivity index (χ2v) is 16.7. The molecule has 0 aliphatic heterocycles. The van der Waals surface area contributed by atoms with Crippen LogP contribution in [0.5, 0.6) is 0 Å². The van der Waals surface area contributed by atoms with Crippen molar-refractivity contribution >= 4 is 38.6 Å². The van der Waals surface area contributed by atoms with Crippen molar-refractivity contribution in [2.75, 3.05) is 4.90 Å². The van der Waals surface area contributed by atoms with Gasteiger partial charge < -0.3 is 4.90 Å². The van der Waals surface area contributed by atoms with Crippen molar-refractivity contribution in [1.82, 2.24) is 0 Å². The number of nitrogens with zero attached hydrogens (tertiary/aromatic N) is 1. The maximum Gasteiger partial charge on any atom is 0.153 e. The number of benzene rings is 7. The van der Waals surface area contributed by atoms with Crippen molar-refractivity contribution in [2.24, 2.45) is 5.41 Å². The molecule has 7 aromatic rings. The largest absolute Gasteiger partial charge is 0.304 e. The fraction of sp³-hybridized carbons (Fsp3) is 0.208. The fourth-order valence-electron chi connectivity index (χ4n) is 7.70. The molecule has 7 rings (SSSR count). The molecule has 0 radical (unpaired) electrons. The normalized spacial score (nSPS) is 12.7. The van der Waals surface area contributed by atoms with Crippen LogP contribution in [-0.4, -0.2) is 0 Å². The molecule has 7 aromatic carbocycles. The summed E-state index contributed by atoms with van der Waals surface area (Å²) in [6.45, 7) is 12.0. The van der Waals surface area contributed by atoms with Crippen molar-refractivity contribution in [1.29, 1.82) is 0 Å².